The van der Waals surface area contributed by atoms with Gasteiger partial charge in [-0.3, -0.25) is 0 Å². The van der Waals surface area contributed by atoms with Gasteiger partial charge in [-0.2, -0.15) is 0 Å². The van der Waals surface area contributed by atoms with Gasteiger partial charge in [0.05, 0.1) is 0 Å². The van der Waals surface area contributed by atoms with Crippen LogP contribution in [0.2, 0.25) is 0 Å². The average molecular weight is 199 g/mol. The minimum absolute atomic E-state index is 0.763. The number of pyridine rings is 2. The lowest BCUT2D eigenvalue weighted by Gasteiger charge is -2.26. The van der Waals surface area contributed by atoms with Crippen LogP contribution in [-0.4, -0.2) is 23.1 Å². The fourth-order valence-corrected chi connectivity index (χ4v) is 1.89. The van der Waals surface area contributed by atoms with Gasteiger partial charge in [-0.05, 0) is 49.7 Å². The zero-order chi connectivity index (χ0) is 10.1. The quantitative estimate of drug-likeness (QED) is 0.794. The molecule has 0 radical (unpaired) electrons. The van der Waals surface area contributed by atoms with Crippen molar-refractivity contribution in [3.05, 3.63) is 36.2 Å². The highest BCUT2D eigenvalue weighted by molar-refractivity contribution is 5.74. The number of hydrogen-bond donors (Lipinski definition) is 1. The fraction of sp³-hybridized carbons (Fsp3) is 0.333. The van der Waals surface area contributed by atoms with E-state index < -0.39 is 0 Å². The summed E-state index contributed by atoms with van der Waals surface area (Å²) in [7, 11) is 0. The van der Waals surface area contributed by atoms with E-state index >= 15 is 0 Å². The van der Waals surface area contributed by atoms with Crippen LogP contribution in [0.25, 0.3) is 11.0 Å². The van der Waals surface area contributed by atoms with Crippen LogP contribution in [0.4, 0.5) is 0 Å². The van der Waals surface area contributed by atoms with E-state index in [1.54, 1.807) is 6.20 Å². The van der Waals surface area contributed by atoms with Crippen molar-refractivity contribution in [2.45, 2.75) is 6.42 Å². The highest BCUT2D eigenvalue weighted by Gasteiger charge is 2.17. The van der Waals surface area contributed by atoms with Crippen molar-refractivity contribution < 1.29 is 0 Å². The van der Waals surface area contributed by atoms with Crippen molar-refractivity contribution >= 4 is 11.0 Å². The number of aromatic nitrogens is 2. The smallest absolute Gasteiger partial charge is 0.159 e. The number of rotatable bonds is 2. The van der Waals surface area contributed by atoms with Crippen LogP contribution in [-0.2, 0) is 6.42 Å². The van der Waals surface area contributed by atoms with Crippen LogP contribution in [0.15, 0.2) is 30.5 Å². The van der Waals surface area contributed by atoms with Gasteiger partial charge >= 0.3 is 0 Å². The van der Waals surface area contributed by atoms with Crippen molar-refractivity contribution in [1.82, 2.24) is 15.3 Å². The molecule has 0 saturated carbocycles. The van der Waals surface area contributed by atoms with E-state index in [9.17, 15) is 0 Å². The Labute approximate surface area is 88.6 Å². The predicted molar refractivity (Wildman–Crippen MR) is 59.6 cm³/mol. The zero-order valence-electron chi connectivity index (χ0n) is 8.48. The maximum atomic E-state index is 4.56. The van der Waals surface area contributed by atoms with Gasteiger partial charge in [-0.15, -0.1) is 0 Å². The third-order valence-electron chi connectivity index (χ3n) is 2.89. The molecule has 0 spiro atoms. The molecule has 1 fully saturated rings. The first-order valence-electron chi connectivity index (χ1n) is 5.33. The summed E-state index contributed by atoms with van der Waals surface area (Å²) in [6.45, 7) is 2.25. The van der Waals surface area contributed by atoms with Crippen LogP contribution < -0.4 is 5.32 Å². The Morgan fingerprint density at radius 3 is 3.00 bits per heavy atom. The fourth-order valence-electron chi connectivity index (χ4n) is 1.89. The Balaban J connectivity index is 1.91. The van der Waals surface area contributed by atoms with E-state index in [-0.39, 0.29) is 0 Å². The third kappa shape index (κ3) is 1.70. The topological polar surface area (TPSA) is 37.8 Å². The molecule has 0 aliphatic carbocycles. The van der Waals surface area contributed by atoms with E-state index in [4.69, 9.17) is 0 Å². The van der Waals surface area contributed by atoms with Gasteiger partial charge < -0.3 is 5.32 Å². The normalized spacial score (nSPS) is 16.5. The minimum Gasteiger partial charge on any atom is -0.316 e. The molecule has 1 N–H and O–H groups in total. The van der Waals surface area contributed by atoms with Gasteiger partial charge in [0.2, 0.25) is 0 Å². The summed E-state index contributed by atoms with van der Waals surface area (Å²) >= 11 is 0. The zero-order valence-corrected chi connectivity index (χ0v) is 8.48. The largest absolute Gasteiger partial charge is 0.316 e. The first-order chi connectivity index (χ1) is 7.42. The van der Waals surface area contributed by atoms with Crippen LogP contribution in [0.5, 0.6) is 0 Å². The Morgan fingerprint density at radius 1 is 1.27 bits per heavy atom. The van der Waals surface area contributed by atoms with Gasteiger partial charge in [0.25, 0.3) is 0 Å². The molecule has 2 aromatic heterocycles. The molecule has 0 aromatic carbocycles. The van der Waals surface area contributed by atoms with Crippen LogP contribution in [0.1, 0.15) is 5.69 Å². The molecule has 3 heterocycles. The molecule has 0 amide bonds. The maximum Gasteiger partial charge on any atom is 0.159 e. The van der Waals surface area contributed by atoms with Gasteiger partial charge in [-0.25, -0.2) is 9.97 Å². The van der Waals surface area contributed by atoms with Crippen LogP contribution >= 0.6 is 0 Å². The van der Waals surface area contributed by atoms with Crippen LogP contribution in [0, 0.1) is 5.92 Å². The van der Waals surface area contributed by atoms with Crippen LogP contribution in [0.3, 0.4) is 0 Å². The molecule has 0 bridgehead atoms. The van der Waals surface area contributed by atoms with E-state index in [0.29, 0.717) is 0 Å². The molecule has 1 aliphatic heterocycles. The molecular weight excluding hydrogens is 186 g/mol. The highest BCUT2D eigenvalue weighted by atomic mass is 14.9. The summed E-state index contributed by atoms with van der Waals surface area (Å²) in [5.41, 5.74) is 2.02. The number of nitrogens with zero attached hydrogens (tertiary/aromatic N) is 2. The second-order valence-corrected chi connectivity index (χ2v) is 4.08. The summed E-state index contributed by atoms with van der Waals surface area (Å²) in [4.78, 5) is 8.82. The lowest BCUT2D eigenvalue weighted by Crippen LogP contribution is -2.43. The number of fused-ring (bicyclic) bond motifs is 1. The summed E-state index contributed by atoms with van der Waals surface area (Å²) in [5, 5.41) is 4.39. The summed E-state index contributed by atoms with van der Waals surface area (Å²) in [6, 6.07) is 8.21. The standard InChI is InChI=1S/C12H13N3/c1-2-10-3-4-11(6-9-7-13-8-9)15-12(10)14-5-1/h1-5,9,13H,6-8H2. The molecule has 76 valence electrons. The Bertz CT molecular complexity index is 477. The highest BCUT2D eigenvalue weighted by Crippen LogP contribution is 2.14. The van der Waals surface area contributed by atoms with E-state index in [1.165, 1.54) is 0 Å². The summed E-state index contributed by atoms with van der Waals surface area (Å²) in [6.07, 6.45) is 2.86. The maximum absolute atomic E-state index is 4.56. The predicted octanol–water partition coefficient (Wildman–Crippen LogP) is 1.39. The molecular formula is C12H13N3. The van der Waals surface area contributed by atoms with E-state index in [2.05, 4.69) is 27.4 Å². The molecule has 3 heteroatoms. The van der Waals surface area contributed by atoms with Gasteiger partial charge in [0, 0.05) is 17.3 Å². The third-order valence-corrected chi connectivity index (χ3v) is 2.89. The second kappa shape index (κ2) is 3.59. The Hall–Kier alpha value is -1.48. The average Bonchev–Trinajstić information content (AvgIpc) is 2.23. The van der Waals surface area contributed by atoms with Crippen molar-refractivity contribution in [2.24, 2.45) is 5.92 Å². The molecule has 1 aliphatic rings. The molecule has 0 atom stereocenters. The van der Waals surface area contributed by atoms with Gasteiger partial charge in [0.15, 0.2) is 5.65 Å². The molecule has 0 unspecified atom stereocenters. The SMILES string of the molecule is c1cnc2nc(CC3CNC3)ccc2c1. The van der Waals surface area contributed by atoms with Gasteiger partial charge in [0.1, 0.15) is 0 Å². The molecule has 2 aromatic rings. The molecule has 3 rings (SSSR count). The first kappa shape index (κ1) is 8.80. The van der Waals surface area contributed by atoms with Crippen molar-refractivity contribution in [3.8, 4) is 0 Å². The monoisotopic (exact) mass is 199 g/mol. The van der Waals surface area contributed by atoms with Crippen molar-refractivity contribution in [1.29, 1.82) is 0 Å². The number of hydrogen-bond acceptors (Lipinski definition) is 3. The lowest BCUT2D eigenvalue weighted by atomic mass is 9.97. The van der Waals surface area contributed by atoms with Gasteiger partial charge in [-0.1, -0.05) is 0 Å². The van der Waals surface area contributed by atoms with Crippen molar-refractivity contribution in [2.75, 3.05) is 13.1 Å². The Kier molecular flexibility index (Phi) is 2.10. The van der Waals surface area contributed by atoms with E-state index in [0.717, 1.165) is 42.2 Å². The first-order valence-corrected chi connectivity index (χ1v) is 5.33. The minimum atomic E-state index is 0.763. The molecule has 1 saturated heterocycles. The summed E-state index contributed by atoms with van der Waals surface area (Å²) in [5.74, 6) is 0.763. The Morgan fingerprint density at radius 2 is 2.20 bits per heavy atom. The van der Waals surface area contributed by atoms with Crippen molar-refractivity contribution in [3.63, 3.8) is 0 Å². The molecule has 3 nitrogen and oxygen atoms in total. The lowest BCUT2D eigenvalue weighted by molar-refractivity contribution is 0.344. The molecule has 15 heavy (non-hydrogen) atoms. The second-order valence-electron chi connectivity index (χ2n) is 4.08. The van der Waals surface area contributed by atoms with E-state index in [1.807, 2.05) is 12.1 Å². The number of nitrogens with one attached hydrogen (secondary N) is 1. The summed E-state index contributed by atoms with van der Waals surface area (Å²) < 4.78 is 0.